The Morgan fingerprint density at radius 2 is 1.85 bits per heavy atom. The molecule has 1 amide bonds. The van der Waals surface area contributed by atoms with Crippen LogP contribution in [0.3, 0.4) is 0 Å². The second-order valence-electron chi connectivity index (χ2n) is 6.00. The van der Waals surface area contributed by atoms with E-state index in [1.54, 1.807) is 9.58 Å². The lowest BCUT2D eigenvalue weighted by atomic mass is 10.1. The molecule has 3 aromatic rings. The zero-order chi connectivity index (χ0) is 18.4. The van der Waals surface area contributed by atoms with Crippen LogP contribution in [0.25, 0.3) is 0 Å². The zero-order valence-corrected chi connectivity index (χ0v) is 15.1. The van der Waals surface area contributed by atoms with Crippen LogP contribution in [0, 0.1) is 0 Å². The van der Waals surface area contributed by atoms with Gasteiger partial charge in [-0.05, 0) is 36.8 Å². The van der Waals surface area contributed by atoms with E-state index in [2.05, 4.69) is 15.4 Å². The molecule has 6 heteroatoms. The number of aromatic nitrogens is 3. The quantitative estimate of drug-likeness (QED) is 0.712. The zero-order valence-electron chi connectivity index (χ0n) is 15.1. The van der Waals surface area contributed by atoms with E-state index < -0.39 is 0 Å². The molecule has 0 aliphatic rings. The molecule has 1 N–H and O–H groups in total. The van der Waals surface area contributed by atoms with Gasteiger partial charge in [-0.25, -0.2) is 4.98 Å². The standard InChI is InChI=1S/C20H23N5O/c1-3-25(18-7-5-4-6-8-18)20(26)13-16-9-11-17(12-10-16)21-14-19-22-15-23-24(19)2/h4-12,15,21H,3,13-14H2,1-2H3. The van der Waals surface area contributed by atoms with Gasteiger partial charge in [0.15, 0.2) is 0 Å². The minimum absolute atomic E-state index is 0.0958. The van der Waals surface area contributed by atoms with Gasteiger partial charge in [-0.15, -0.1) is 0 Å². The lowest BCUT2D eigenvalue weighted by molar-refractivity contribution is -0.117. The average Bonchev–Trinajstić information content (AvgIpc) is 3.07. The summed E-state index contributed by atoms with van der Waals surface area (Å²) in [5.74, 6) is 0.962. The number of nitrogens with one attached hydrogen (secondary N) is 1. The molecule has 26 heavy (non-hydrogen) atoms. The van der Waals surface area contributed by atoms with Crippen molar-refractivity contribution in [3.05, 3.63) is 72.3 Å². The molecule has 0 spiro atoms. The van der Waals surface area contributed by atoms with Gasteiger partial charge in [0.1, 0.15) is 12.2 Å². The van der Waals surface area contributed by atoms with Gasteiger partial charge in [-0.3, -0.25) is 9.48 Å². The molecule has 0 unspecified atom stereocenters. The Bertz CT molecular complexity index is 842. The lowest BCUT2D eigenvalue weighted by Crippen LogP contribution is -2.31. The molecule has 0 aliphatic heterocycles. The molecular formula is C20H23N5O. The molecule has 0 radical (unpaired) electrons. The highest BCUT2D eigenvalue weighted by Crippen LogP contribution is 2.16. The third-order valence-electron chi connectivity index (χ3n) is 4.25. The summed E-state index contributed by atoms with van der Waals surface area (Å²) in [4.78, 5) is 18.6. The van der Waals surface area contributed by atoms with Crippen LogP contribution < -0.4 is 10.2 Å². The van der Waals surface area contributed by atoms with Gasteiger partial charge in [0.05, 0.1) is 13.0 Å². The van der Waals surface area contributed by atoms with Crippen molar-refractivity contribution in [3.63, 3.8) is 0 Å². The molecule has 3 rings (SSSR count). The third kappa shape index (κ3) is 4.27. The van der Waals surface area contributed by atoms with Crippen LogP contribution >= 0.6 is 0 Å². The maximum absolute atomic E-state index is 12.6. The van der Waals surface area contributed by atoms with Crippen molar-refractivity contribution < 1.29 is 4.79 Å². The van der Waals surface area contributed by atoms with Crippen molar-refractivity contribution in [2.24, 2.45) is 7.05 Å². The Morgan fingerprint density at radius 1 is 1.12 bits per heavy atom. The van der Waals surface area contributed by atoms with E-state index >= 15 is 0 Å². The number of anilines is 2. The largest absolute Gasteiger partial charge is 0.378 e. The maximum Gasteiger partial charge on any atom is 0.231 e. The van der Waals surface area contributed by atoms with Crippen molar-refractivity contribution in [2.75, 3.05) is 16.8 Å². The second kappa shape index (κ2) is 8.29. The minimum atomic E-state index is 0.0958. The summed E-state index contributed by atoms with van der Waals surface area (Å²) < 4.78 is 1.74. The van der Waals surface area contributed by atoms with Crippen LogP contribution in [-0.2, 0) is 24.8 Å². The third-order valence-corrected chi connectivity index (χ3v) is 4.25. The topological polar surface area (TPSA) is 63.1 Å². The van der Waals surface area contributed by atoms with Gasteiger partial charge in [0, 0.05) is 25.0 Å². The fourth-order valence-corrected chi connectivity index (χ4v) is 2.78. The molecule has 134 valence electrons. The van der Waals surface area contributed by atoms with Crippen molar-refractivity contribution >= 4 is 17.3 Å². The molecule has 0 atom stereocenters. The van der Waals surface area contributed by atoms with Crippen LogP contribution in [0.2, 0.25) is 0 Å². The Labute approximate surface area is 153 Å². The fourth-order valence-electron chi connectivity index (χ4n) is 2.78. The number of hydrogen-bond acceptors (Lipinski definition) is 4. The molecule has 0 aliphatic carbocycles. The first-order chi connectivity index (χ1) is 12.7. The molecule has 1 aromatic heterocycles. The number of likely N-dealkylation sites (N-methyl/N-ethyl adjacent to an activating group) is 1. The van der Waals surface area contributed by atoms with Crippen LogP contribution in [0.5, 0.6) is 0 Å². The van der Waals surface area contributed by atoms with Gasteiger partial charge in [-0.2, -0.15) is 5.10 Å². The van der Waals surface area contributed by atoms with Crippen LogP contribution in [-0.4, -0.2) is 27.2 Å². The molecule has 0 bridgehead atoms. The Hall–Kier alpha value is -3.15. The first-order valence-electron chi connectivity index (χ1n) is 8.68. The monoisotopic (exact) mass is 349 g/mol. The fraction of sp³-hybridized carbons (Fsp3) is 0.250. The van der Waals surface area contributed by atoms with E-state index in [0.29, 0.717) is 19.5 Å². The van der Waals surface area contributed by atoms with E-state index in [1.165, 1.54) is 6.33 Å². The molecule has 1 heterocycles. The smallest absolute Gasteiger partial charge is 0.231 e. The van der Waals surface area contributed by atoms with E-state index in [1.807, 2.05) is 68.6 Å². The summed E-state index contributed by atoms with van der Waals surface area (Å²) >= 11 is 0. The number of carbonyl (C=O) groups excluding carboxylic acids is 1. The van der Waals surface area contributed by atoms with Crippen LogP contribution in [0.15, 0.2) is 60.9 Å². The molecule has 0 saturated heterocycles. The Kier molecular flexibility index (Phi) is 5.63. The summed E-state index contributed by atoms with van der Waals surface area (Å²) in [6.07, 6.45) is 1.92. The van der Waals surface area contributed by atoms with Gasteiger partial charge in [-0.1, -0.05) is 30.3 Å². The van der Waals surface area contributed by atoms with Crippen molar-refractivity contribution in [1.82, 2.24) is 14.8 Å². The van der Waals surface area contributed by atoms with Gasteiger partial charge < -0.3 is 10.2 Å². The van der Waals surface area contributed by atoms with Crippen LogP contribution in [0.1, 0.15) is 18.3 Å². The predicted molar refractivity (Wildman–Crippen MR) is 103 cm³/mol. The predicted octanol–water partition coefficient (Wildman–Crippen LogP) is 3.02. The summed E-state index contributed by atoms with van der Waals surface area (Å²) in [7, 11) is 1.87. The summed E-state index contributed by atoms with van der Waals surface area (Å²) in [6.45, 7) is 3.25. The molecule has 0 fully saturated rings. The van der Waals surface area contributed by atoms with Crippen molar-refractivity contribution in [3.8, 4) is 0 Å². The normalized spacial score (nSPS) is 10.5. The Morgan fingerprint density at radius 3 is 2.46 bits per heavy atom. The molecule has 6 nitrogen and oxygen atoms in total. The Balaban J connectivity index is 1.59. The first kappa shape index (κ1) is 17.7. The number of carbonyl (C=O) groups is 1. The summed E-state index contributed by atoms with van der Waals surface area (Å²) in [5.41, 5.74) is 2.91. The lowest BCUT2D eigenvalue weighted by Gasteiger charge is -2.21. The number of amides is 1. The second-order valence-corrected chi connectivity index (χ2v) is 6.00. The molecule has 0 saturated carbocycles. The van der Waals surface area contributed by atoms with E-state index in [4.69, 9.17) is 0 Å². The molecule has 2 aromatic carbocycles. The van der Waals surface area contributed by atoms with Gasteiger partial charge in [0.25, 0.3) is 0 Å². The number of benzene rings is 2. The van der Waals surface area contributed by atoms with E-state index in [9.17, 15) is 4.79 Å². The number of para-hydroxylation sites is 1. The van der Waals surface area contributed by atoms with Crippen LogP contribution in [0.4, 0.5) is 11.4 Å². The SMILES string of the molecule is CCN(C(=O)Cc1ccc(NCc2ncnn2C)cc1)c1ccccc1. The summed E-state index contributed by atoms with van der Waals surface area (Å²) in [5, 5.41) is 7.36. The highest BCUT2D eigenvalue weighted by Gasteiger charge is 2.14. The van der Waals surface area contributed by atoms with E-state index in [0.717, 1.165) is 22.8 Å². The van der Waals surface area contributed by atoms with E-state index in [-0.39, 0.29) is 5.91 Å². The number of aryl methyl sites for hydroxylation is 1. The first-order valence-corrected chi connectivity index (χ1v) is 8.68. The minimum Gasteiger partial charge on any atom is -0.378 e. The van der Waals surface area contributed by atoms with Gasteiger partial charge in [0.2, 0.25) is 5.91 Å². The number of nitrogens with zero attached hydrogens (tertiary/aromatic N) is 4. The maximum atomic E-state index is 12.6. The summed E-state index contributed by atoms with van der Waals surface area (Å²) in [6, 6.07) is 17.7. The highest BCUT2D eigenvalue weighted by atomic mass is 16.2. The average molecular weight is 349 g/mol. The molecular weight excluding hydrogens is 326 g/mol. The van der Waals surface area contributed by atoms with Crippen molar-refractivity contribution in [2.45, 2.75) is 19.9 Å². The van der Waals surface area contributed by atoms with Gasteiger partial charge >= 0.3 is 0 Å². The van der Waals surface area contributed by atoms with Crippen molar-refractivity contribution in [1.29, 1.82) is 0 Å². The number of rotatable bonds is 7. The highest BCUT2D eigenvalue weighted by molar-refractivity contribution is 5.94. The number of hydrogen-bond donors (Lipinski definition) is 1.